The molecule has 0 saturated heterocycles. The molecule has 0 aliphatic heterocycles. The number of aliphatic hydroxyl groups excluding tert-OH is 1. The fraction of sp³-hybridized carbons (Fsp3) is 0.667. The Bertz CT molecular complexity index is 386. The molecular weight excluding hydrogens is 218 g/mol. The van der Waals surface area contributed by atoms with E-state index in [0.717, 1.165) is 0 Å². The minimum atomic E-state index is -0.528. The van der Waals surface area contributed by atoms with E-state index < -0.39 is 5.54 Å². The zero-order valence-corrected chi connectivity index (χ0v) is 10.9. The fourth-order valence-electron chi connectivity index (χ4n) is 1.82. The van der Waals surface area contributed by atoms with E-state index in [1.54, 1.807) is 24.9 Å². The van der Waals surface area contributed by atoms with Crippen molar-refractivity contribution in [1.82, 2.24) is 15.1 Å². The van der Waals surface area contributed by atoms with Crippen LogP contribution >= 0.6 is 0 Å². The van der Waals surface area contributed by atoms with Crippen molar-refractivity contribution in [1.29, 1.82) is 0 Å². The lowest BCUT2D eigenvalue weighted by Crippen LogP contribution is -2.50. The van der Waals surface area contributed by atoms with E-state index in [-0.39, 0.29) is 12.5 Å². The summed E-state index contributed by atoms with van der Waals surface area (Å²) in [5.41, 5.74) is 0.732. The number of amides is 1. The molecule has 1 heterocycles. The predicted molar refractivity (Wildman–Crippen MR) is 65.8 cm³/mol. The minimum Gasteiger partial charge on any atom is -0.394 e. The summed E-state index contributed by atoms with van der Waals surface area (Å²) < 4.78 is 1.61. The number of nitrogens with one attached hydrogen (secondary N) is 1. The van der Waals surface area contributed by atoms with Gasteiger partial charge in [0.1, 0.15) is 0 Å². The second-order valence-corrected chi connectivity index (χ2v) is 4.40. The predicted octanol–water partition coefficient (Wildman–Crippen LogP) is 1.01. The van der Waals surface area contributed by atoms with E-state index in [9.17, 15) is 9.90 Å². The zero-order chi connectivity index (χ0) is 13.1. The van der Waals surface area contributed by atoms with Crippen molar-refractivity contribution in [3.63, 3.8) is 0 Å². The van der Waals surface area contributed by atoms with Crippen LogP contribution in [0.5, 0.6) is 0 Å². The monoisotopic (exact) mass is 239 g/mol. The van der Waals surface area contributed by atoms with E-state index in [0.29, 0.717) is 24.1 Å². The average molecular weight is 239 g/mol. The van der Waals surface area contributed by atoms with Gasteiger partial charge in [-0.15, -0.1) is 0 Å². The molecule has 2 N–H and O–H groups in total. The summed E-state index contributed by atoms with van der Waals surface area (Å²) >= 11 is 0. The first kappa shape index (κ1) is 13.7. The quantitative estimate of drug-likeness (QED) is 0.806. The average Bonchev–Trinajstić information content (AvgIpc) is 2.65. The highest BCUT2D eigenvalue weighted by Gasteiger charge is 2.28. The molecule has 0 spiro atoms. The molecule has 5 nitrogen and oxygen atoms in total. The molecule has 0 radical (unpaired) electrons. The van der Waals surface area contributed by atoms with Crippen molar-refractivity contribution >= 4 is 5.91 Å². The maximum atomic E-state index is 12.1. The Morgan fingerprint density at radius 2 is 2.12 bits per heavy atom. The van der Waals surface area contributed by atoms with Gasteiger partial charge in [0.25, 0.3) is 5.91 Å². The molecule has 1 rings (SSSR count). The summed E-state index contributed by atoms with van der Waals surface area (Å²) in [6, 6.07) is 0. The Balaban J connectivity index is 2.88. The molecule has 0 atom stereocenters. The van der Waals surface area contributed by atoms with Crippen molar-refractivity contribution in [2.24, 2.45) is 7.05 Å². The highest BCUT2D eigenvalue weighted by Crippen LogP contribution is 2.16. The summed E-state index contributed by atoms with van der Waals surface area (Å²) in [6.45, 7) is 5.66. The minimum absolute atomic E-state index is 0.0505. The van der Waals surface area contributed by atoms with E-state index >= 15 is 0 Å². The smallest absolute Gasteiger partial charge is 0.255 e. The van der Waals surface area contributed by atoms with Gasteiger partial charge in [-0.3, -0.25) is 9.48 Å². The molecule has 1 aromatic rings. The van der Waals surface area contributed by atoms with Crippen molar-refractivity contribution in [3.8, 4) is 0 Å². The van der Waals surface area contributed by atoms with Crippen LogP contribution in [0.25, 0.3) is 0 Å². The zero-order valence-electron chi connectivity index (χ0n) is 10.9. The summed E-state index contributed by atoms with van der Waals surface area (Å²) in [7, 11) is 1.78. The van der Waals surface area contributed by atoms with E-state index in [1.807, 2.05) is 13.8 Å². The molecule has 0 aromatic carbocycles. The van der Waals surface area contributed by atoms with Gasteiger partial charge in [-0.2, -0.15) is 5.10 Å². The van der Waals surface area contributed by atoms with Gasteiger partial charge >= 0.3 is 0 Å². The van der Waals surface area contributed by atoms with Crippen LogP contribution in [-0.4, -0.2) is 32.9 Å². The van der Waals surface area contributed by atoms with Crippen LogP contribution in [0, 0.1) is 6.92 Å². The number of carbonyl (C=O) groups excluding carboxylic acids is 1. The molecule has 5 heteroatoms. The molecule has 0 unspecified atom stereocenters. The van der Waals surface area contributed by atoms with Crippen LogP contribution in [-0.2, 0) is 7.05 Å². The fourth-order valence-corrected chi connectivity index (χ4v) is 1.82. The first-order chi connectivity index (χ1) is 7.98. The Morgan fingerprint density at radius 3 is 2.47 bits per heavy atom. The molecule has 0 saturated carbocycles. The van der Waals surface area contributed by atoms with Gasteiger partial charge in [0, 0.05) is 13.2 Å². The standard InChI is InChI=1S/C12H21N3O2/c1-5-12(6-2,8-16)13-11(17)10-7-15(4)14-9(10)3/h7,16H,5-6,8H2,1-4H3,(H,13,17). The molecule has 96 valence electrons. The number of hydrogen-bond donors (Lipinski definition) is 2. The molecule has 0 bridgehead atoms. The van der Waals surface area contributed by atoms with Crippen LogP contribution in [0.1, 0.15) is 42.7 Å². The van der Waals surface area contributed by atoms with Crippen LogP contribution in [0.4, 0.5) is 0 Å². The lowest BCUT2D eigenvalue weighted by atomic mass is 9.93. The third kappa shape index (κ3) is 2.85. The third-order valence-corrected chi connectivity index (χ3v) is 3.29. The first-order valence-electron chi connectivity index (χ1n) is 5.91. The van der Waals surface area contributed by atoms with Gasteiger partial charge in [-0.1, -0.05) is 13.8 Å². The molecule has 0 fully saturated rings. The number of carbonyl (C=O) groups is 1. The van der Waals surface area contributed by atoms with Crippen LogP contribution in [0.3, 0.4) is 0 Å². The van der Waals surface area contributed by atoms with E-state index in [1.165, 1.54) is 0 Å². The molecule has 1 amide bonds. The van der Waals surface area contributed by atoms with Crippen LogP contribution < -0.4 is 5.32 Å². The first-order valence-corrected chi connectivity index (χ1v) is 5.91. The van der Waals surface area contributed by atoms with E-state index in [2.05, 4.69) is 10.4 Å². The number of aliphatic hydroxyl groups is 1. The highest BCUT2D eigenvalue weighted by atomic mass is 16.3. The summed E-state index contributed by atoms with van der Waals surface area (Å²) in [6.07, 6.45) is 3.09. The molecule has 0 aliphatic carbocycles. The SMILES string of the molecule is CCC(CC)(CO)NC(=O)c1cn(C)nc1C. The Hall–Kier alpha value is -1.36. The topological polar surface area (TPSA) is 67.2 Å². The van der Waals surface area contributed by atoms with Gasteiger partial charge in [-0.05, 0) is 19.8 Å². The normalized spacial score (nSPS) is 11.6. The van der Waals surface area contributed by atoms with Crippen LogP contribution in [0.15, 0.2) is 6.20 Å². The van der Waals surface area contributed by atoms with Gasteiger partial charge in [-0.25, -0.2) is 0 Å². The van der Waals surface area contributed by atoms with E-state index in [4.69, 9.17) is 0 Å². The lowest BCUT2D eigenvalue weighted by Gasteiger charge is -2.30. The number of rotatable bonds is 5. The van der Waals surface area contributed by atoms with Crippen molar-refractivity contribution in [2.45, 2.75) is 39.2 Å². The lowest BCUT2D eigenvalue weighted by molar-refractivity contribution is 0.0817. The van der Waals surface area contributed by atoms with Crippen molar-refractivity contribution in [3.05, 3.63) is 17.5 Å². The van der Waals surface area contributed by atoms with Crippen LogP contribution in [0.2, 0.25) is 0 Å². The summed E-state index contributed by atoms with van der Waals surface area (Å²) in [4.78, 5) is 12.1. The number of aryl methyl sites for hydroxylation is 2. The maximum Gasteiger partial charge on any atom is 0.255 e. The highest BCUT2D eigenvalue weighted by molar-refractivity contribution is 5.95. The molecular formula is C12H21N3O2. The third-order valence-electron chi connectivity index (χ3n) is 3.29. The van der Waals surface area contributed by atoms with Gasteiger partial charge < -0.3 is 10.4 Å². The Kier molecular flexibility index (Phi) is 4.28. The second kappa shape index (κ2) is 5.31. The second-order valence-electron chi connectivity index (χ2n) is 4.40. The maximum absolute atomic E-state index is 12.1. The van der Waals surface area contributed by atoms with Gasteiger partial charge in [0.05, 0.1) is 23.4 Å². The van der Waals surface area contributed by atoms with Crippen molar-refractivity contribution in [2.75, 3.05) is 6.61 Å². The largest absolute Gasteiger partial charge is 0.394 e. The number of aromatic nitrogens is 2. The molecule has 0 aliphatic rings. The Labute approximate surface area is 102 Å². The van der Waals surface area contributed by atoms with Gasteiger partial charge in [0.15, 0.2) is 0 Å². The van der Waals surface area contributed by atoms with Crippen molar-refractivity contribution < 1.29 is 9.90 Å². The number of hydrogen-bond acceptors (Lipinski definition) is 3. The summed E-state index contributed by atoms with van der Waals surface area (Å²) in [5.74, 6) is -0.173. The Morgan fingerprint density at radius 1 is 1.53 bits per heavy atom. The van der Waals surface area contributed by atoms with Gasteiger partial charge in [0.2, 0.25) is 0 Å². The molecule has 1 aromatic heterocycles. The summed E-state index contributed by atoms with van der Waals surface area (Å²) in [5, 5.41) is 16.5. The molecule has 17 heavy (non-hydrogen) atoms. The number of nitrogens with zero attached hydrogens (tertiary/aromatic N) is 2.